The smallest absolute Gasteiger partial charge is 0.161 e. The third kappa shape index (κ3) is 1.24. The van der Waals surface area contributed by atoms with Gasteiger partial charge >= 0.3 is 0 Å². The van der Waals surface area contributed by atoms with Gasteiger partial charge in [0, 0.05) is 0 Å². The van der Waals surface area contributed by atoms with E-state index in [1.54, 1.807) is 13.0 Å². The summed E-state index contributed by atoms with van der Waals surface area (Å²) in [7, 11) is 0. The summed E-state index contributed by atoms with van der Waals surface area (Å²) in [6.45, 7) is 6.03. The van der Waals surface area contributed by atoms with Gasteiger partial charge in [-0.1, -0.05) is 12.5 Å². The van der Waals surface area contributed by atoms with Gasteiger partial charge in [0.05, 0.1) is 11.5 Å². The molecule has 78 valence electrons. The molecule has 1 fully saturated rings. The number of hydrogen-bond donors (Lipinski definition) is 1. The van der Waals surface area contributed by atoms with Gasteiger partial charge in [0.2, 0.25) is 0 Å². The number of carbonyl (C=O) groups is 1. The van der Waals surface area contributed by atoms with E-state index in [4.69, 9.17) is 0 Å². The predicted molar refractivity (Wildman–Crippen MR) is 54.8 cm³/mol. The Balaban J connectivity index is 2.42. The number of ketones is 1. The summed E-state index contributed by atoms with van der Waals surface area (Å²) in [5.74, 6) is -0.0605. The van der Waals surface area contributed by atoms with Crippen LogP contribution in [0.1, 0.15) is 40.0 Å². The molecule has 2 heteroatoms. The standard InChI is InChI=1S/C12H18O2/c1-8-6-10(13)9-7-11(8,2)4-5-12(9,3)14/h6,9,14H,4-5,7H2,1-3H3/t9-,11+,12?/m0/s1. The normalized spacial score (nSPS) is 47.6. The lowest BCUT2D eigenvalue weighted by Crippen LogP contribution is -2.49. The van der Waals surface area contributed by atoms with Gasteiger partial charge in [-0.25, -0.2) is 0 Å². The lowest BCUT2D eigenvalue weighted by molar-refractivity contribution is -0.135. The molecule has 3 atom stereocenters. The highest BCUT2D eigenvalue weighted by molar-refractivity contribution is 5.94. The maximum absolute atomic E-state index is 11.7. The summed E-state index contributed by atoms with van der Waals surface area (Å²) in [6.07, 6.45) is 4.29. The first-order valence-electron chi connectivity index (χ1n) is 5.30. The number of rotatable bonds is 0. The van der Waals surface area contributed by atoms with Crippen LogP contribution >= 0.6 is 0 Å². The first-order valence-corrected chi connectivity index (χ1v) is 5.30. The molecule has 0 radical (unpaired) electrons. The zero-order chi connectivity index (χ0) is 10.6. The number of hydrogen-bond acceptors (Lipinski definition) is 2. The van der Waals surface area contributed by atoms with Crippen molar-refractivity contribution < 1.29 is 9.90 Å². The van der Waals surface area contributed by atoms with E-state index >= 15 is 0 Å². The van der Waals surface area contributed by atoms with Crippen LogP contribution in [0.3, 0.4) is 0 Å². The van der Waals surface area contributed by atoms with Gasteiger partial charge in [-0.15, -0.1) is 0 Å². The summed E-state index contributed by atoms with van der Waals surface area (Å²) >= 11 is 0. The Kier molecular flexibility index (Phi) is 1.91. The Hall–Kier alpha value is -0.630. The average Bonchev–Trinajstić information content (AvgIpc) is 2.08. The highest BCUT2D eigenvalue weighted by atomic mass is 16.3. The average molecular weight is 194 g/mol. The molecule has 0 aromatic carbocycles. The minimum atomic E-state index is -0.784. The van der Waals surface area contributed by atoms with Crippen molar-refractivity contribution in [2.24, 2.45) is 11.3 Å². The number of fused-ring (bicyclic) bond motifs is 2. The molecular formula is C12H18O2. The molecule has 0 spiro atoms. The minimum absolute atomic E-state index is 0.115. The zero-order valence-electron chi connectivity index (χ0n) is 9.13. The van der Waals surface area contributed by atoms with Gasteiger partial charge in [-0.3, -0.25) is 4.79 Å². The van der Waals surface area contributed by atoms with Gasteiger partial charge in [0.1, 0.15) is 0 Å². The quantitative estimate of drug-likeness (QED) is 0.641. The van der Waals surface area contributed by atoms with Gasteiger partial charge in [-0.05, 0) is 44.6 Å². The first-order chi connectivity index (χ1) is 6.35. The molecule has 2 aliphatic rings. The number of allylic oxidation sites excluding steroid dienone is 2. The third-order valence-electron chi connectivity index (χ3n) is 4.24. The van der Waals surface area contributed by atoms with E-state index in [-0.39, 0.29) is 17.1 Å². The second-order valence-corrected chi connectivity index (χ2v) is 5.40. The van der Waals surface area contributed by atoms with E-state index in [1.165, 1.54) is 5.57 Å². The van der Waals surface area contributed by atoms with Crippen molar-refractivity contribution in [3.05, 3.63) is 11.6 Å². The summed E-state index contributed by atoms with van der Waals surface area (Å²) in [5.41, 5.74) is 0.559. The lowest BCUT2D eigenvalue weighted by Gasteiger charge is -2.48. The molecule has 1 saturated carbocycles. The largest absolute Gasteiger partial charge is 0.389 e. The maximum atomic E-state index is 11.7. The molecule has 0 saturated heterocycles. The second-order valence-electron chi connectivity index (χ2n) is 5.40. The van der Waals surface area contributed by atoms with Gasteiger partial charge in [-0.2, -0.15) is 0 Å². The van der Waals surface area contributed by atoms with Crippen molar-refractivity contribution in [3.63, 3.8) is 0 Å². The molecule has 2 aliphatic carbocycles. The molecule has 2 bridgehead atoms. The van der Waals surface area contributed by atoms with Crippen molar-refractivity contribution in [1.82, 2.24) is 0 Å². The molecule has 1 N–H and O–H groups in total. The maximum Gasteiger partial charge on any atom is 0.161 e. The Bertz CT molecular complexity index is 314. The van der Waals surface area contributed by atoms with Gasteiger partial charge in [0.15, 0.2) is 5.78 Å². The summed E-state index contributed by atoms with van der Waals surface area (Å²) in [4.78, 5) is 11.7. The lowest BCUT2D eigenvalue weighted by atomic mass is 9.58. The van der Waals surface area contributed by atoms with Crippen LogP contribution in [0.4, 0.5) is 0 Å². The van der Waals surface area contributed by atoms with Crippen LogP contribution in [0, 0.1) is 11.3 Å². The number of carbonyl (C=O) groups excluding carboxylic acids is 1. The van der Waals surface area contributed by atoms with Crippen molar-refractivity contribution in [2.75, 3.05) is 0 Å². The number of aliphatic hydroxyl groups is 1. The van der Waals surface area contributed by atoms with Crippen LogP contribution in [0.15, 0.2) is 11.6 Å². The molecule has 14 heavy (non-hydrogen) atoms. The molecule has 0 heterocycles. The Morgan fingerprint density at radius 2 is 2.07 bits per heavy atom. The Labute approximate surface area is 85.0 Å². The van der Waals surface area contributed by atoms with Crippen molar-refractivity contribution in [1.29, 1.82) is 0 Å². The van der Waals surface area contributed by atoms with E-state index in [2.05, 4.69) is 6.92 Å². The van der Waals surface area contributed by atoms with E-state index in [0.717, 1.165) is 19.3 Å². The highest BCUT2D eigenvalue weighted by Gasteiger charge is 2.49. The van der Waals surface area contributed by atoms with Crippen molar-refractivity contribution in [3.8, 4) is 0 Å². The fourth-order valence-electron chi connectivity index (χ4n) is 2.73. The molecular weight excluding hydrogens is 176 g/mol. The predicted octanol–water partition coefficient (Wildman–Crippen LogP) is 2.07. The van der Waals surface area contributed by atoms with Crippen LogP contribution in [0.5, 0.6) is 0 Å². The zero-order valence-corrected chi connectivity index (χ0v) is 9.13. The SMILES string of the molecule is CC1=CC(=O)[C@@H]2C[C@@]1(C)CCC2(C)O. The molecule has 1 unspecified atom stereocenters. The van der Waals surface area contributed by atoms with Crippen LogP contribution < -0.4 is 0 Å². The van der Waals surface area contributed by atoms with E-state index < -0.39 is 5.60 Å². The van der Waals surface area contributed by atoms with E-state index in [0.29, 0.717) is 0 Å². The van der Waals surface area contributed by atoms with Gasteiger partial charge < -0.3 is 5.11 Å². The second kappa shape index (κ2) is 2.69. The Morgan fingerprint density at radius 1 is 1.43 bits per heavy atom. The van der Waals surface area contributed by atoms with Crippen LogP contribution in [-0.4, -0.2) is 16.5 Å². The molecule has 0 aromatic heterocycles. The fourth-order valence-corrected chi connectivity index (χ4v) is 2.73. The summed E-state index contributed by atoms with van der Waals surface area (Å²) < 4.78 is 0. The molecule has 2 nitrogen and oxygen atoms in total. The van der Waals surface area contributed by atoms with Crippen LogP contribution in [0.2, 0.25) is 0 Å². The van der Waals surface area contributed by atoms with Gasteiger partial charge in [0.25, 0.3) is 0 Å². The third-order valence-corrected chi connectivity index (χ3v) is 4.24. The topological polar surface area (TPSA) is 37.3 Å². The van der Waals surface area contributed by atoms with Crippen molar-refractivity contribution >= 4 is 5.78 Å². The van der Waals surface area contributed by atoms with E-state index in [1.807, 2.05) is 6.92 Å². The molecule has 0 aliphatic heterocycles. The molecule has 0 aromatic rings. The summed E-state index contributed by atoms with van der Waals surface area (Å²) in [5, 5.41) is 10.1. The summed E-state index contributed by atoms with van der Waals surface area (Å²) in [6, 6.07) is 0. The van der Waals surface area contributed by atoms with E-state index in [9.17, 15) is 9.90 Å². The highest BCUT2D eigenvalue weighted by Crippen LogP contribution is 2.51. The fraction of sp³-hybridized carbons (Fsp3) is 0.750. The molecule has 2 rings (SSSR count). The van der Waals surface area contributed by atoms with Crippen LogP contribution in [-0.2, 0) is 4.79 Å². The Morgan fingerprint density at radius 3 is 2.71 bits per heavy atom. The molecule has 0 amide bonds. The van der Waals surface area contributed by atoms with Crippen molar-refractivity contribution in [2.45, 2.75) is 45.6 Å². The monoisotopic (exact) mass is 194 g/mol. The minimum Gasteiger partial charge on any atom is -0.389 e. The first kappa shape index (κ1) is 9.91. The van der Waals surface area contributed by atoms with Crippen LogP contribution in [0.25, 0.3) is 0 Å².